The molecule has 0 heterocycles. The van der Waals surface area contributed by atoms with Gasteiger partial charge in [-0.25, -0.2) is 0 Å². The molecule has 4 unspecified atom stereocenters. The van der Waals surface area contributed by atoms with Crippen molar-refractivity contribution in [1.29, 1.82) is 0 Å². The van der Waals surface area contributed by atoms with E-state index in [1.165, 1.54) is 0 Å². The minimum atomic E-state index is -2.21. The van der Waals surface area contributed by atoms with Gasteiger partial charge >= 0.3 is 0 Å². The van der Waals surface area contributed by atoms with Crippen molar-refractivity contribution in [2.45, 2.75) is 148 Å². The van der Waals surface area contributed by atoms with Gasteiger partial charge in [0.2, 0.25) is 9.04 Å². The molecular weight excluding hydrogens is 481 g/mol. The Labute approximate surface area is 212 Å². The molecule has 0 saturated heterocycles. The summed E-state index contributed by atoms with van der Waals surface area (Å²) in [4.78, 5) is 0. The number of hydrogen-bond donors (Lipinski definition) is 1. The van der Waals surface area contributed by atoms with Crippen LogP contribution in [0.4, 0.5) is 0 Å². The van der Waals surface area contributed by atoms with Crippen molar-refractivity contribution < 1.29 is 13.3 Å². The molecule has 3 nitrogen and oxygen atoms in total. The van der Waals surface area contributed by atoms with Crippen molar-refractivity contribution in [2.24, 2.45) is 0 Å². The SMILES string of the molecule is CCC(C)(O[Si](C)(C)C)[SiH](C)OC(CC)(CS)C(C)(CC)[Si](C)(C)OC(C)(C)[Si](C)(C)C. The van der Waals surface area contributed by atoms with Crippen LogP contribution < -0.4 is 0 Å². The van der Waals surface area contributed by atoms with E-state index >= 15 is 0 Å². The molecule has 0 aromatic rings. The number of thiol groups is 1. The van der Waals surface area contributed by atoms with Gasteiger partial charge in [-0.05, 0) is 79.3 Å². The van der Waals surface area contributed by atoms with Gasteiger partial charge in [-0.2, -0.15) is 12.6 Å². The van der Waals surface area contributed by atoms with Gasteiger partial charge in [-0.15, -0.1) is 0 Å². The lowest BCUT2D eigenvalue weighted by molar-refractivity contribution is 0.00147. The van der Waals surface area contributed by atoms with Gasteiger partial charge in [-0.1, -0.05) is 47.3 Å². The summed E-state index contributed by atoms with van der Waals surface area (Å²) in [7, 11) is -7.14. The summed E-state index contributed by atoms with van der Waals surface area (Å²) in [6.45, 7) is 37.5. The fraction of sp³-hybridized carbons (Fsp3) is 1.00. The minimum Gasteiger partial charge on any atom is -0.415 e. The standard InChI is InChI=1S/C24H58O3SSi4/c1-17-22(6,32(15,16)26-21(4,5)30(9,10)11)24(19-3,20-28)25-29(8)23(7,18-2)27-31(12,13)14/h28-29H,17-20H2,1-16H3. The minimum absolute atomic E-state index is 0.0670. The first kappa shape index (κ1) is 33.1. The molecule has 0 saturated carbocycles. The van der Waals surface area contributed by atoms with Crippen LogP contribution in [-0.4, -0.2) is 55.6 Å². The first-order chi connectivity index (χ1) is 14.0. The molecule has 0 aliphatic heterocycles. The maximum absolute atomic E-state index is 7.31. The van der Waals surface area contributed by atoms with Crippen LogP contribution in [0.2, 0.25) is 64.0 Å². The predicted molar refractivity (Wildman–Crippen MR) is 159 cm³/mol. The molecule has 0 spiro atoms. The Bertz CT molecular complexity index is 597. The quantitative estimate of drug-likeness (QED) is 0.179. The molecule has 32 heavy (non-hydrogen) atoms. The second kappa shape index (κ2) is 11.0. The average molecular weight is 539 g/mol. The van der Waals surface area contributed by atoms with E-state index in [-0.39, 0.29) is 21.1 Å². The van der Waals surface area contributed by atoms with Gasteiger partial charge in [0.1, 0.15) is 0 Å². The molecule has 0 aromatic carbocycles. The van der Waals surface area contributed by atoms with Crippen LogP contribution in [0, 0.1) is 0 Å². The average Bonchev–Trinajstić information content (AvgIpc) is 2.61. The van der Waals surface area contributed by atoms with E-state index in [1.54, 1.807) is 0 Å². The Kier molecular flexibility index (Phi) is 11.4. The van der Waals surface area contributed by atoms with E-state index in [4.69, 9.17) is 25.9 Å². The first-order valence-electron chi connectivity index (χ1n) is 12.7. The second-order valence-electron chi connectivity index (χ2n) is 13.2. The molecule has 194 valence electrons. The Balaban J connectivity index is 6.41. The van der Waals surface area contributed by atoms with Crippen molar-refractivity contribution in [3.8, 4) is 0 Å². The van der Waals surface area contributed by atoms with Crippen LogP contribution in [0.15, 0.2) is 0 Å². The fourth-order valence-corrected chi connectivity index (χ4v) is 16.8. The van der Waals surface area contributed by atoms with Crippen molar-refractivity contribution in [2.75, 3.05) is 5.75 Å². The Hall–Kier alpha value is 1.10. The van der Waals surface area contributed by atoms with Crippen molar-refractivity contribution in [1.82, 2.24) is 0 Å². The van der Waals surface area contributed by atoms with Crippen molar-refractivity contribution >= 4 is 46.4 Å². The Morgan fingerprint density at radius 3 is 1.50 bits per heavy atom. The lowest BCUT2D eigenvalue weighted by Gasteiger charge is -2.58. The molecule has 0 aromatic heterocycles. The number of hydrogen-bond acceptors (Lipinski definition) is 4. The molecule has 0 amide bonds. The summed E-state index contributed by atoms with van der Waals surface area (Å²) in [6.07, 6.45) is 2.96. The number of rotatable bonds is 14. The van der Waals surface area contributed by atoms with E-state index in [9.17, 15) is 0 Å². The zero-order valence-electron chi connectivity index (χ0n) is 24.6. The maximum atomic E-state index is 7.31. The van der Waals surface area contributed by atoms with Crippen molar-refractivity contribution in [3.05, 3.63) is 0 Å². The maximum Gasteiger partial charge on any atom is 0.204 e. The van der Waals surface area contributed by atoms with Gasteiger partial charge in [0.15, 0.2) is 16.6 Å². The van der Waals surface area contributed by atoms with Crippen LogP contribution in [-0.2, 0) is 13.3 Å². The Morgan fingerprint density at radius 1 is 0.750 bits per heavy atom. The second-order valence-corrected chi connectivity index (χ2v) is 30.7. The monoisotopic (exact) mass is 538 g/mol. The van der Waals surface area contributed by atoms with Crippen LogP contribution in [0.5, 0.6) is 0 Å². The van der Waals surface area contributed by atoms with E-state index in [0.717, 1.165) is 19.3 Å². The van der Waals surface area contributed by atoms with E-state index in [1.807, 2.05) is 0 Å². The third-order valence-corrected chi connectivity index (χ3v) is 22.0. The zero-order valence-corrected chi connectivity index (χ0v) is 29.6. The summed E-state index contributed by atoms with van der Waals surface area (Å²) < 4.78 is 21.3. The van der Waals surface area contributed by atoms with Crippen LogP contribution in [0.1, 0.15) is 67.7 Å². The highest BCUT2D eigenvalue weighted by atomic mass is 32.1. The smallest absolute Gasteiger partial charge is 0.204 e. The highest BCUT2D eigenvalue weighted by molar-refractivity contribution is 7.80. The van der Waals surface area contributed by atoms with Crippen LogP contribution in [0.25, 0.3) is 0 Å². The molecule has 0 fully saturated rings. The fourth-order valence-electron chi connectivity index (χ4n) is 4.73. The molecule has 0 rings (SSSR count). The Morgan fingerprint density at radius 2 is 1.22 bits per heavy atom. The van der Waals surface area contributed by atoms with Crippen LogP contribution >= 0.6 is 12.6 Å². The first-order valence-corrected chi connectivity index (χ1v) is 25.4. The van der Waals surface area contributed by atoms with Gasteiger partial charge in [0.25, 0.3) is 0 Å². The van der Waals surface area contributed by atoms with E-state index in [2.05, 4.69) is 107 Å². The predicted octanol–water partition coefficient (Wildman–Crippen LogP) is 8.04. The van der Waals surface area contributed by atoms with Gasteiger partial charge in [-0.3, -0.25) is 0 Å². The van der Waals surface area contributed by atoms with Gasteiger partial charge < -0.3 is 13.3 Å². The summed E-state index contributed by atoms with van der Waals surface area (Å²) in [5.74, 6) is 0.713. The summed E-state index contributed by atoms with van der Waals surface area (Å²) in [5.41, 5.74) is -0.318. The van der Waals surface area contributed by atoms with Gasteiger partial charge in [0.05, 0.1) is 18.9 Å². The normalized spacial score (nSPS) is 20.9. The third kappa shape index (κ3) is 7.08. The summed E-state index contributed by atoms with van der Waals surface area (Å²) in [6, 6.07) is 0. The highest BCUT2D eigenvalue weighted by Gasteiger charge is 2.60. The van der Waals surface area contributed by atoms with E-state index < -0.39 is 33.7 Å². The molecule has 0 aliphatic rings. The van der Waals surface area contributed by atoms with Crippen molar-refractivity contribution in [3.63, 3.8) is 0 Å². The lowest BCUT2D eigenvalue weighted by Crippen LogP contribution is -2.66. The summed E-state index contributed by atoms with van der Waals surface area (Å²) in [5, 5.41) is -0.327. The largest absolute Gasteiger partial charge is 0.415 e. The van der Waals surface area contributed by atoms with Gasteiger partial charge in [0, 0.05) is 16.0 Å². The molecule has 0 N–H and O–H groups in total. The zero-order chi connectivity index (χ0) is 26.0. The molecule has 8 heteroatoms. The highest BCUT2D eigenvalue weighted by Crippen LogP contribution is 2.56. The molecular formula is C24H58O3SSi4. The van der Waals surface area contributed by atoms with E-state index in [0.29, 0.717) is 5.75 Å². The summed E-state index contributed by atoms with van der Waals surface area (Å²) >= 11 is 4.96. The molecule has 0 aliphatic carbocycles. The molecule has 0 radical (unpaired) electrons. The topological polar surface area (TPSA) is 27.7 Å². The third-order valence-electron chi connectivity index (χ3n) is 8.69. The lowest BCUT2D eigenvalue weighted by atomic mass is 9.85. The van der Waals surface area contributed by atoms with Crippen LogP contribution in [0.3, 0.4) is 0 Å². The molecule has 0 bridgehead atoms. The molecule has 4 atom stereocenters.